The van der Waals surface area contributed by atoms with Crippen LogP contribution in [0, 0.1) is 19.8 Å². The molecule has 1 fully saturated rings. The molecule has 5 heteroatoms. The minimum atomic E-state index is -0.725. The normalized spacial score (nSPS) is 18.9. The van der Waals surface area contributed by atoms with Crippen molar-refractivity contribution < 1.29 is 14.6 Å². The summed E-state index contributed by atoms with van der Waals surface area (Å²) in [5, 5.41) is 10.2. The highest BCUT2D eigenvalue weighted by molar-refractivity contribution is 6.30. The third-order valence-corrected chi connectivity index (χ3v) is 5.61. The molecule has 4 nitrogen and oxygen atoms in total. The van der Waals surface area contributed by atoms with Crippen LogP contribution in [0.4, 0.5) is 0 Å². The molecule has 3 rings (SSSR count). The number of aliphatic carboxylic acids is 1. The maximum atomic E-state index is 11.6. The van der Waals surface area contributed by atoms with Crippen molar-refractivity contribution in [1.29, 1.82) is 0 Å². The molecule has 1 N–H and O–H groups in total. The SMILES string of the molecule is COc1ccc(Cl)cc1C(c1ccc(C)cc1C)N1CCCC(C(=O)O)C1. The van der Waals surface area contributed by atoms with Crippen LogP contribution in [0.1, 0.15) is 41.1 Å². The molecule has 2 aromatic rings. The largest absolute Gasteiger partial charge is 0.496 e. The Kier molecular flexibility index (Phi) is 6.08. The molecule has 0 spiro atoms. The molecule has 0 saturated carbocycles. The quantitative estimate of drug-likeness (QED) is 0.796. The number of rotatable bonds is 5. The van der Waals surface area contributed by atoms with Crippen molar-refractivity contribution in [2.75, 3.05) is 20.2 Å². The molecule has 0 aliphatic carbocycles. The molecular formula is C22H26ClNO3. The predicted octanol–water partition coefficient (Wildman–Crippen LogP) is 4.85. The Hall–Kier alpha value is -2.04. The van der Waals surface area contributed by atoms with Crippen LogP contribution < -0.4 is 4.74 Å². The van der Waals surface area contributed by atoms with E-state index in [1.54, 1.807) is 7.11 Å². The minimum absolute atomic E-state index is 0.0959. The molecule has 1 saturated heterocycles. The highest BCUT2D eigenvalue weighted by atomic mass is 35.5. The van der Waals surface area contributed by atoms with E-state index < -0.39 is 5.97 Å². The van der Waals surface area contributed by atoms with Crippen LogP contribution >= 0.6 is 11.6 Å². The second kappa shape index (κ2) is 8.32. The van der Waals surface area contributed by atoms with E-state index >= 15 is 0 Å². The number of nitrogens with zero attached hydrogens (tertiary/aromatic N) is 1. The number of methoxy groups -OCH3 is 1. The van der Waals surface area contributed by atoms with Gasteiger partial charge in [-0.1, -0.05) is 35.4 Å². The monoisotopic (exact) mass is 387 g/mol. The molecule has 2 unspecified atom stereocenters. The molecule has 0 bridgehead atoms. The van der Waals surface area contributed by atoms with Crippen LogP contribution in [0.25, 0.3) is 0 Å². The van der Waals surface area contributed by atoms with Gasteiger partial charge in [-0.3, -0.25) is 9.69 Å². The summed E-state index contributed by atoms with van der Waals surface area (Å²) < 4.78 is 5.63. The lowest BCUT2D eigenvalue weighted by Gasteiger charge is -2.38. The van der Waals surface area contributed by atoms with E-state index in [1.165, 1.54) is 11.1 Å². The van der Waals surface area contributed by atoms with Crippen LogP contribution in [-0.2, 0) is 4.79 Å². The van der Waals surface area contributed by atoms with E-state index in [-0.39, 0.29) is 12.0 Å². The van der Waals surface area contributed by atoms with Gasteiger partial charge in [0, 0.05) is 17.1 Å². The zero-order valence-corrected chi connectivity index (χ0v) is 16.8. The van der Waals surface area contributed by atoms with Crippen molar-refractivity contribution in [1.82, 2.24) is 4.90 Å². The number of hydrogen-bond acceptors (Lipinski definition) is 3. The van der Waals surface area contributed by atoms with Gasteiger partial charge in [-0.15, -0.1) is 0 Å². The van der Waals surface area contributed by atoms with Crippen molar-refractivity contribution in [2.45, 2.75) is 32.7 Å². The van der Waals surface area contributed by atoms with E-state index in [0.29, 0.717) is 11.6 Å². The van der Waals surface area contributed by atoms with E-state index in [9.17, 15) is 9.90 Å². The van der Waals surface area contributed by atoms with Crippen LogP contribution in [0.15, 0.2) is 36.4 Å². The van der Waals surface area contributed by atoms with Gasteiger partial charge in [-0.2, -0.15) is 0 Å². The Balaban J connectivity index is 2.12. The fourth-order valence-electron chi connectivity index (χ4n) is 4.05. The summed E-state index contributed by atoms with van der Waals surface area (Å²) in [5.41, 5.74) is 4.52. The minimum Gasteiger partial charge on any atom is -0.496 e. The Morgan fingerprint density at radius 2 is 2.00 bits per heavy atom. The first-order valence-electron chi connectivity index (χ1n) is 9.28. The molecule has 2 atom stereocenters. The summed E-state index contributed by atoms with van der Waals surface area (Å²) >= 11 is 6.32. The standard InChI is InChI=1S/C22H26ClNO3/c1-14-6-8-18(15(2)11-14)21(19-12-17(23)7-9-20(19)27-3)24-10-4-5-16(13-24)22(25)26/h6-9,11-12,16,21H,4-5,10,13H2,1-3H3,(H,25,26). The number of carbonyl (C=O) groups is 1. The fraction of sp³-hybridized carbons (Fsp3) is 0.409. The number of halogens is 1. The number of ether oxygens (including phenoxy) is 1. The molecule has 0 aromatic heterocycles. The van der Waals surface area contributed by atoms with Gasteiger partial charge in [0.1, 0.15) is 5.75 Å². The topological polar surface area (TPSA) is 49.8 Å². The van der Waals surface area contributed by atoms with Gasteiger partial charge >= 0.3 is 5.97 Å². The van der Waals surface area contributed by atoms with Gasteiger partial charge in [0.2, 0.25) is 0 Å². The molecule has 27 heavy (non-hydrogen) atoms. The smallest absolute Gasteiger partial charge is 0.307 e. The van der Waals surface area contributed by atoms with Crippen molar-refractivity contribution in [3.05, 3.63) is 63.7 Å². The van der Waals surface area contributed by atoms with Crippen LogP contribution in [0.2, 0.25) is 5.02 Å². The summed E-state index contributed by atoms with van der Waals surface area (Å²) in [4.78, 5) is 13.9. The molecule has 1 aliphatic heterocycles. The zero-order valence-electron chi connectivity index (χ0n) is 16.0. The van der Waals surface area contributed by atoms with Gasteiger partial charge in [0.05, 0.1) is 19.1 Å². The number of piperidine rings is 1. The summed E-state index contributed by atoms with van der Waals surface area (Å²) in [6, 6.07) is 11.9. The summed E-state index contributed by atoms with van der Waals surface area (Å²) in [5.74, 6) is -0.309. The van der Waals surface area contributed by atoms with Gasteiger partial charge in [0.15, 0.2) is 0 Å². The number of benzene rings is 2. The zero-order chi connectivity index (χ0) is 19.6. The highest BCUT2D eigenvalue weighted by Gasteiger charge is 2.33. The molecule has 0 amide bonds. The van der Waals surface area contributed by atoms with E-state index in [4.69, 9.17) is 16.3 Å². The van der Waals surface area contributed by atoms with Crippen molar-refractivity contribution in [3.8, 4) is 5.75 Å². The molecule has 2 aromatic carbocycles. The average Bonchev–Trinajstić information content (AvgIpc) is 2.64. The van der Waals surface area contributed by atoms with E-state index in [1.807, 2.05) is 18.2 Å². The maximum Gasteiger partial charge on any atom is 0.307 e. The van der Waals surface area contributed by atoms with Crippen molar-refractivity contribution in [2.24, 2.45) is 5.92 Å². The Bertz CT molecular complexity index is 836. The third kappa shape index (κ3) is 4.28. The summed E-state index contributed by atoms with van der Waals surface area (Å²) in [7, 11) is 1.65. The molecule has 144 valence electrons. The number of carboxylic acids is 1. The van der Waals surface area contributed by atoms with Gasteiger partial charge in [0.25, 0.3) is 0 Å². The van der Waals surface area contributed by atoms with Crippen LogP contribution in [0.3, 0.4) is 0 Å². The fourth-order valence-corrected chi connectivity index (χ4v) is 4.24. The first-order valence-corrected chi connectivity index (χ1v) is 9.66. The summed E-state index contributed by atoms with van der Waals surface area (Å²) in [6.07, 6.45) is 1.58. The predicted molar refractivity (Wildman–Crippen MR) is 108 cm³/mol. The van der Waals surface area contributed by atoms with Gasteiger partial charge in [-0.05, 0) is 62.6 Å². The van der Waals surface area contributed by atoms with Gasteiger partial charge < -0.3 is 9.84 Å². The van der Waals surface area contributed by atoms with E-state index in [0.717, 1.165) is 36.3 Å². The highest BCUT2D eigenvalue weighted by Crippen LogP contribution is 2.39. The molecule has 0 radical (unpaired) electrons. The van der Waals surface area contributed by atoms with Crippen molar-refractivity contribution in [3.63, 3.8) is 0 Å². The van der Waals surface area contributed by atoms with Crippen LogP contribution in [0.5, 0.6) is 5.75 Å². The van der Waals surface area contributed by atoms with E-state index in [2.05, 4.69) is 36.9 Å². The van der Waals surface area contributed by atoms with Gasteiger partial charge in [-0.25, -0.2) is 0 Å². The Labute approximate surface area is 165 Å². The molecule has 1 aliphatic rings. The lowest BCUT2D eigenvalue weighted by atomic mass is 9.88. The lowest BCUT2D eigenvalue weighted by Crippen LogP contribution is -2.41. The van der Waals surface area contributed by atoms with Crippen LogP contribution in [-0.4, -0.2) is 36.2 Å². The molecule has 1 heterocycles. The second-order valence-electron chi connectivity index (χ2n) is 7.32. The molecular weight excluding hydrogens is 362 g/mol. The lowest BCUT2D eigenvalue weighted by molar-refractivity contribution is -0.143. The number of carboxylic acid groups (broad SMARTS) is 1. The number of likely N-dealkylation sites (tertiary alicyclic amines) is 1. The maximum absolute atomic E-state index is 11.6. The Morgan fingerprint density at radius 1 is 1.22 bits per heavy atom. The first kappa shape index (κ1) is 19.7. The third-order valence-electron chi connectivity index (χ3n) is 5.37. The summed E-state index contributed by atoms with van der Waals surface area (Å²) in [6.45, 7) is 5.54. The Morgan fingerprint density at radius 3 is 2.67 bits per heavy atom. The first-order chi connectivity index (χ1) is 12.9. The number of hydrogen-bond donors (Lipinski definition) is 1. The second-order valence-corrected chi connectivity index (χ2v) is 7.76. The number of aryl methyl sites for hydroxylation is 2. The van der Waals surface area contributed by atoms with Crippen molar-refractivity contribution >= 4 is 17.6 Å². The average molecular weight is 388 g/mol.